The van der Waals surface area contributed by atoms with Gasteiger partial charge in [0.15, 0.2) is 0 Å². The average Bonchev–Trinajstić information content (AvgIpc) is 3.11. The van der Waals surface area contributed by atoms with E-state index < -0.39 is 6.03 Å². The third-order valence-electron chi connectivity index (χ3n) is 3.74. The summed E-state index contributed by atoms with van der Waals surface area (Å²) in [5, 5.41) is 2.97. The first kappa shape index (κ1) is 10.6. The average molecular weight is 273 g/mol. The molecular formula is C15H7N5O. The van der Waals surface area contributed by atoms with Crippen molar-refractivity contribution in [3.8, 4) is 0 Å². The van der Waals surface area contributed by atoms with E-state index in [4.69, 9.17) is 0 Å². The second-order valence-electron chi connectivity index (χ2n) is 4.92. The predicted molar refractivity (Wildman–Crippen MR) is 76.6 cm³/mol. The minimum absolute atomic E-state index is 0.491. The van der Waals surface area contributed by atoms with Crippen molar-refractivity contribution in [1.29, 1.82) is 0 Å². The van der Waals surface area contributed by atoms with E-state index in [0.717, 1.165) is 21.8 Å². The molecule has 0 fully saturated rings. The first-order chi connectivity index (χ1) is 10.3. The highest BCUT2D eigenvalue weighted by Crippen LogP contribution is 2.21. The van der Waals surface area contributed by atoms with E-state index in [9.17, 15) is 4.79 Å². The van der Waals surface area contributed by atoms with Crippen molar-refractivity contribution in [3.05, 3.63) is 47.4 Å². The molecule has 0 saturated heterocycles. The normalized spacial score (nSPS) is 13.6. The van der Waals surface area contributed by atoms with Gasteiger partial charge in [-0.3, -0.25) is 0 Å². The number of H-pyrrole nitrogens is 1. The van der Waals surface area contributed by atoms with Crippen LogP contribution in [0.2, 0.25) is 0 Å². The summed E-state index contributed by atoms with van der Waals surface area (Å²) in [6.45, 7) is 0. The number of carbonyl (C=O) groups is 1. The van der Waals surface area contributed by atoms with Crippen LogP contribution in [0.1, 0.15) is 0 Å². The molecule has 0 radical (unpaired) electrons. The Bertz CT molecular complexity index is 1210. The molecule has 1 aliphatic heterocycles. The molecule has 21 heavy (non-hydrogen) atoms. The minimum Gasteiger partial charge on any atom is -0.353 e. The number of para-hydroxylation sites is 1. The summed E-state index contributed by atoms with van der Waals surface area (Å²) in [6, 6.07) is 9.45. The number of pyridine rings is 1. The molecule has 0 saturated carbocycles. The topological polar surface area (TPSA) is 83.4 Å². The fraction of sp³-hybridized carbons (Fsp3) is 0. The van der Waals surface area contributed by atoms with Gasteiger partial charge >= 0.3 is 6.03 Å². The van der Waals surface area contributed by atoms with Gasteiger partial charge in [-0.05, 0) is 17.5 Å². The van der Waals surface area contributed by atoms with E-state index in [1.165, 1.54) is 6.33 Å². The molecule has 1 aliphatic rings. The molecule has 3 heterocycles. The van der Waals surface area contributed by atoms with Crippen LogP contribution in [-0.2, 0) is 0 Å². The molecule has 4 aromatic rings. The third kappa shape index (κ3) is 1.28. The molecule has 5 rings (SSSR count). The maximum atomic E-state index is 11.6. The largest absolute Gasteiger partial charge is 0.368 e. The Morgan fingerprint density at radius 2 is 1.76 bits per heavy atom. The molecule has 2 aromatic heterocycles. The van der Waals surface area contributed by atoms with E-state index >= 15 is 0 Å². The predicted octanol–water partition coefficient (Wildman–Crippen LogP) is 1.64. The number of imidazole rings is 1. The zero-order chi connectivity index (χ0) is 14.0. The van der Waals surface area contributed by atoms with Gasteiger partial charge in [-0.1, -0.05) is 18.2 Å². The lowest BCUT2D eigenvalue weighted by atomic mass is 10.1. The van der Waals surface area contributed by atoms with E-state index in [-0.39, 0.29) is 0 Å². The van der Waals surface area contributed by atoms with Crippen LogP contribution in [0.25, 0.3) is 32.8 Å². The number of benzene rings is 2. The standard InChI is InChI=1S/C15H7N5O/c21-15-19-11-8-5-7-3-1-2-4-9(7)18-10(8)12-13(14(11)20-15)17-6-16-12/h1-6,18H. The van der Waals surface area contributed by atoms with Gasteiger partial charge in [-0.25, -0.2) is 14.8 Å². The van der Waals surface area contributed by atoms with Crippen molar-refractivity contribution in [2.24, 2.45) is 9.98 Å². The summed E-state index contributed by atoms with van der Waals surface area (Å²) < 4.78 is 0. The molecule has 6 nitrogen and oxygen atoms in total. The van der Waals surface area contributed by atoms with Gasteiger partial charge in [-0.15, -0.1) is 0 Å². The summed E-state index contributed by atoms with van der Waals surface area (Å²) in [4.78, 5) is 31.5. The summed E-state index contributed by atoms with van der Waals surface area (Å²) in [5.41, 5.74) is 3.14. The van der Waals surface area contributed by atoms with Gasteiger partial charge in [0, 0.05) is 10.9 Å². The highest BCUT2D eigenvalue weighted by atomic mass is 16.2. The summed E-state index contributed by atoms with van der Waals surface area (Å²) in [5.74, 6) is 0. The molecule has 0 aliphatic carbocycles. The fourth-order valence-corrected chi connectivity index (χ4v) is 2.84. The third-order valence-corrected chi connectivity index (χ3v) is 3.74. The summed E-state index contributed by atoms with van der Waals surface area (Å²) >= 11 is 0. The lowest BCUT2D eigenvalue weighted by molar-refractivity contribution is 0.257. The zero-order valence-corrected chi connectivity index (χ0v) is 10.7. The molecule has 6 heteroatoms. The number of nitrogens with one attached hydrogen (secondary N) is 1. The van der Waals surface area contributed by atoms with Crippen LogP contribution >= 0.6 is 0 Å². The smallest absolute Gasteiger partial charge is 0.353 e. The first-order valence-electron chi connectivity index (χ1n) is 6.47. The Morgan fingerprint density at radius 3 is 2.71 bits per heavy atom. The van der Waals surface area contributed by atoms with Gasteiger partial charge in [0.25, 0.3) is 0 Å². The van der Waals surface area contributed by atoms with E-state index in [1.807, 2.05) is 30.3 Å². The van der Waals surface area contributed by atoms with Crippen molar-refractivity contribution < 1.29 is 4.79 Å². The number of rotatable bonds is 0. The SMILES string of the molecule is O=C1N=c2c(c3ncnc3c3[nH]c4ccccc4cc23)=N1. The molecule has 98 valence electrons. The van der Waals surface area contributed by atoms with Crippen LogP contribution in [-0.4, -0.2) is 21.0 Å². The van der Waals surface area contributed by atoms with Gasteiger partial charge < -0.3 is 4.98 Å². The van der Waals surface area contributed by atoms with Crippen LogP contribution in [0.5, 0.6) is 0 Å². The highest BCUT2D eigenvalue weighted by Gasteiger charge is 2.17. The maximum absolute atomic E-state index is 11.6. The van der Waals surface area contributed by atoms with Crippen LogP contribution in [0.4, 0.5) is 4.79 Å². The minimum atomic E-state index is -0.491. The number of aromatic nitrogens is 3. The molecule has 2 amide bonds. The second-order valence-corrected chi connectivity index (χ2v) is 4.92. The molecule has 0 unspecified atom stereocenters. The number of amides is 2. The van der Waals surface area contributed by atoms with Crippen molar-refractivity contribution >= 4 is 38.9 Å². The number of carbonyl (C=O) groups excluding carboxylic acids is 1. The van der Waals surface area contributed by atoms with Crippen molar-refractivity contribution in [3.63, 3.8) is 0 Å². The Balaban J connectivity index is 2.20. The number of nitrogens with zero attached hydrogens (tertiary/aromatic N) is 4. The number of aromatic amines is 1. The van der Waals surface area contributed by atoms with E-state index in [2.05, 4.69) is 24.9 Å². The molecule has 0 atom stereocenters. The van der Waals surface area contributed by atoms with Crippen LogP contribution in [0.15, 0.2) is 46.6 Å². The van der Waals surface area contributed by atoms with Crippen LogP contribution in [0, 0.1) is 0 Å². The number of urea groups is 1. The van der Waals surface area contributed by atoms with Crippen molar-refractivity contribution in [2.75, 3.05) is 0 Å². The highest BCUT2D eigenvalue weighted by molar-refractivity contribution is 6.06. The van der Waals surface area contributed by atoms with Gasteiger partial charge in [0.05, 0.1) is 5.52 Å². The van der Waals surface area contributed by atoms with Gasteiger partial charge in [0.2, 0.25) is 0 Å². The van der Waals surface area contributed by atoms with Crippen molar-refractivity contribution in [1.82, 2.24) is 15.0 Å². The molecule has 0 spiro atoms. The monoisotopic (exact) mass is 273 g/mol. The second kappa shape index (κ2) is 3.49. The van der Waals surface area contributed by atoms with E-state index in [1.54, 1.807) is 0 Å². The zero-order valence-electron chi connectivity index (χ0n) is 10.7. The lowest BCUT2D eigenvalue weighted by Crippen LogP contribution is -2.24. The van der Waals surface area contributed by atoms with E-state index in [0.29, 0.717) is 21.7 Å². The number of fused-ring (bicyclic) bond motifs is 7. The summed E-state index contributed by atoms with van der Waals surface area (Å²) in [7, 11) is 0. The van der Waals surface area contributed by atoms with Gasteiger partial charge in [-0.2, -0.15) is 9.98 Å². The van der Waals surface area contributed by atoms with Crippen molar-refractivity contribution in [2.45, 2.75) is 0 Å². The van der Waals surface area contributed by atoms with Crippen LogP contribution < -0.4 is 10.7 Å². The van der Waals surface area contributed by atoms with Crippen LogP contribution in [0.3, 0.4) is 0 Å². The molecule has 0 bridgehead atoms. The molecule has 2 aromatic carbocycles. The quantitative estimate of drug-likeness (QED) is 0.494. The first-order valence-corrected chi connectivity index (χ1v) is 6.47. The Morgan fingerprint density at radius 1 is 0.952 bits per heavy atom. The molecule has 1 N–H and O–H groups in total. The summed E-state index contributed by atoms with van der Waals surface area (Å²) in [6.07, 6.45) is 1.48. The fourth-order valence-electron chi connectivity index (χ4n) is 2.84. The Hall–Kier alpha value is -3.15. The Kier molecular flexibility index (Phi) is 1.76. The molecular weight excluding hydrogens is 266 g/mol. The maximum Gasteiger partial charge on any atom is 0.368 e. The number of hydrogen-bond donors (Lipinski definition) is 1. The Labute approximate surface area is 116 Å². The number of hydrogen-bond acceptors (Lipinski definition) is 3. The lowest BCUT2D eigenvalue weighted by Gasteiger charge is -2.03. The van der Waals surface area contributed by atoms with Gasteiger partial charge in [0.1, 0.15) is 28.1 Å².